The van der Waals surface area contributed by atoms with Gasteiger partial charge in [0, 0.05) is 35.1 Å². The van der Waals surface area contributed by atoms with E-state index >= 15 is 0 Å². The second-order valence-corrected chi connectivity index (χ2v) is 8.09. The molecule has 138 valence electrons. The Balaban J connectivity index is 1.60. The topological polar surface area (TPSA) is 16.1 Å². The SMILES string of the molecule is Fc1cccc(-c2nc3c(Br)cccc3cc2CN2Cc3ccccc3C2)c1. The number of para-hydroxylation sites is 1. The van der Waals surface area contributed by atoms with Gasteiger partial charge in [0.1, 0.15) is 5.82 Å². The fraction of sp³-hybridized carbons (Fsp3) is 0.125. The minimum Gasteiger partial charge on any atom is -0.290 e. The molecule has 0 saturated carbocycles. The summed E-state index contributed by atoms with van der Waals surface area (Å²) in [5.41, 5.74) is 6.43. The fourth-order valence-corrected chi connectivity index (χ4v) is 4.44. The lowest BCUT2D eigenvalue weighted by Gasteiger charge is -2.18. The highest BCUT2D eigenvalue weighted by atomic mass is 79.9. The number of benzene rings is 3. The Bertz CT molecular complexity index is 1160. The van der Waals surface area contributed by atoms with Gasteiger partial charge >= 0.3 is 0 Å². The second kappa shape index (κ2) is 7.12. The summed E-state index contributed by atoms with van der Waals surface area (Å²) in [6, 6.07) is 23.5. The molecule has 2 heterocycles. The average Bonchev–Trinajstić information content (AvgIpc) is 3.10. The normalized spacial score (nSPS) is 13.8. The van der Waals surface area contributed by atoms with Crippen molar-refractivity contribution >= 4 is 26.8 Å². The Kier molecular flexibility index (Phi) is 4.46. The van der Waals surface area contributed by atoms with Crippen LogP contribution in [0.25, 0.3) is 22.2 Å². The standard InChI is InChI=1S/C24H18BrFN2/c25-22-10-4-8-16-11-20(15-28-13-18-5-1-2-6-19(18)14-28)23(27-24(16)22)17-7-3-9-21(26)12-17/h1-12H,13-15H2. The van der Waals surface area contributed by atoms with Crippen molar-refractivity contribution in [2.24, 2.45) is 0 Å². The van der Waals surface area contributed by atoms with E-state index in [2.05, 4.69) is 57.2 Å². The van der Waals surface area contributed by atoms with Crippen molar-refractivity contribution in [3.63, 3.8) is 0 Å². The van der Waals surface area contributed by atoms with Crippen LogP contribution in [0.3, 0.4) is 0 Å². The predicted octanol–water partition coefficient (Wildman–Crippen LogP) is 6.32. The molecule has 0 atom stereocenters. The minimum absolute atomic E-state index is 0.244. The molecule has 0 bridgehead atoms. The van der Waals surface area contributed by atoms with E-state index in [-0.39, 0.29) is 5.82 Å². The van der Waals surface area contributed by atoms with Crippen molar-refractivity contribution < 1.29 is 4.39 Å². The highest BCUT2D eigenvalue weighted by molar-refractivity contribution is 9.10. The van der Waals surface area contributed by atoms with Crippen molar-refractivity contribution in [3.05, 3.63) is 99.8 Å². The lowest BCUT2D eigenvalue weighted by atomic mass is 10.0. The van der Waals surface area contributed by atoms with Gasteiger partial charge < -0.3 is 0 Å². The number of fused-ring (bicyclic) bond motifs is 2. The second-order valence-electron chi connectivity index (χ2n) is 7.23. The summed E-state index contributed by atoms with van der Waals surface area (Å²) in [5, 5.41) is 1.08. The van der Waals surface area contributed by atoms with Crippen LogP contribution in [0.1, 0.15) is 16.7 Å². The summed E-state index contributed by atoms with van der Waals surface area (Å²) in [7, 11) is 0. The molecule has 4 heteroatoms. The smallest absolute Gasteiger partial charge is 0.123 e. The Labute approximate surface area is 171 Å². The van der Waals surface area contributed by atoms with E-state index < -0.39 is 0 Å². The molecule has 0 saturated heterocycles. The van der Waals surface area contributed by atoms with E-state index in [1.165, 1.54) is 17.2 Å². The zero-order valence-electron chi connectivity index (χ0n) is 15.2. The van der Waals surface area contributed by atoms with Crippen LogP contribution >= 0.6 is 15.9 Å². The van der Waals surface area contributed by atoms with Gasteiger partial charge in [0.15, 0.2) is 0 Å². The Morgan fingerprint density at radius 1 is 0.893 bits per heavy atom. The average molecular weight is 433 g/mol. The molecule has 1 aliphatic heterocycles. The summed E-state index contributed by atoms with van der Waals surface area (Å²) < 4.78 is 14.9. The number of aromatic nitrogens is 1. The lowest BCUT2D eigenvalue weighted by Crippen LogP contribution is -2.16. The van der Waals surface area contributed by atoms with Crippen LogP contribution in [0.4, 0.5) is 4.39 Å². The maximum atomic E-state index is 13.9. The largest absolute Gasteiger partial charge is 0.290 e. The number of pyridine rings is 1. The van der Waals surface area contributed by atoms with Gasteiger partial charge in [-0.25, -0.2) is 9.37 Å². The highest BCUT2D eigenvalue weighted by Crippen LogP contribution is 2.32. The Morgan fingerprint density at radius 2 is 1.64 bits per heavy atom. The van der Waals surface area contributed by atoms with Gasteiger partial charge in [-0.2, -0.15) is 0 Å². The van der Waals surface area contributed by atoms with Crippen LogP contribution in [-0.4, -0.2) is 9.88 Å². The molecular formula is C24H18BrFN2. The molecule has 1 aromatic heterocycles. The van der Waals surface area contributed by atoms with E-state index in [1.807, 2.05) is 18.2 Å². The summed E-state index contributed by atoms with van der Waals surface area (Å²) in [5.74, 6) is -0.244. The minimum atomic E-state index is -0.244. The Morgan fingerprint density at radius 3 is 2.39 bits per heavy atom. The number of halogens is 2. The van der Waals surface area contributed by atoms with E-state index in [1.54, 1.807) is 12.1 Å². The molecule has 0 spiro atoms. The van der Waals surface area contributed by atoms with E-state index in [0.717, 1.165) is 51.8 Å². The van der Waals surface area contributed by atoms with Gasteiger partial charge in [0.2, 0.25) is 0 Å². The lowest BCUT2D eigenvalue weighted by molar-refractivity contribution is 0.276. The maximum Gasteiger partial charge on any atom is 0.123 e. The van der Waals surface area contributed by atoms with E-state index in [4.69, 9.17) is 4.98 Å². The molecule has 0 aliphatic carbocycles. The van der Waals surface area contributed by atoms with Crippen LogP contribution in [0.15, 0.2) is 77.3 Å². The molecule has 1 aliphatic rings. The third kappa shape index (κ3) is 3.23. The molecule has 0 radical (unpaired) electrons. The molecule has 0 unspecified atom stereocenters. The molecule has 0 fully saturated rings. The number of hydrogen-bond acceptors (Lipinski definition) is 2. The summed E-state index contributed by atoms with van der Waals surface area (Å²) in [6.07, 6.45) is 0. The van der Waals surface area contributed by atoms with Crippen molar-refractivity contribution in [1.82, 2.24) is 9.88 Å². The molecular weight excluding hydrogens is 415 g/mol. The summed E-state index contributed by atoms with van der Waals surface area (Å²) in [4.78, 5) is 7.35. The highest BCUT2D eigenvalue weighted by Gasteiger charge is 2.21. The molecule has 4 aromatic rings. The predicted molar refractivity (Wildman–Crippen MR) is 114 cm³/mol. The first-order valence-electron chi connectivity index (χ1n) is 9.30. The van der Waals surface area contributed by atoms with Gasteiger partial charge in [0.05, 0.1) is 11.2 Å². The molecule has 2 nitrogen and oxygen atoms in total. The number of nitrogens with zero attached hydrogens (tertiary/aromatic N) is 2. The first kappa shape index (κ1) is 17.5. The monoisotopic (exact) mass is 432 g/mol. The van der Waals surface area contributed by atoms with Crippen molar-refractivity contribution in [3.8, 4) is 11.3 Å². The number of hydrogen-bond donors (Lipinski definition) is 0. The maximum absolute atomic E-state index is 13.9. The van der Waals surface area contributed by atoms with Crippen LogP contribution in [0.2, 0.25) is 0 Å². The van der Waals surface area contributed by atoms with Crippen molar-refractivity contribution in [1.29, 1.82) is 0 Å². The zero-order chi connectivity index (χ0) is 19.1. The van der Waals surface area contributed by atoms with E-state index in [0.29, 0.717) is 0 Å². The zero-order valence-corrected chi connectivity index (χ0v) is 16.8. The molecule has 0 amide bonds. The number of rotatable bonds is 3. The molecule has 0 N–H and O–H groups in total. The fourth-order valence-electron chi connectivity index (χ4n) is 3.97. The van der Waals surface area contributed by atoms with Crippen molar-refractivity contribution in [2.45, 2.75) is 19.6 Å². The van der Waals surface area contributed by atoms with Crippen LogP contribution < -0.4 is 0 Å². The quantitative estimate of drug-likeness (QED) is 0.376. The summed E-state index contributed by atoms with van der Waals surface area (Å²) >= 11 is 3.60. The third-order valence-corrected chi connectivity index (χ3v) is 5.91. The van der Waals surface area contributed by atoms with Crippen LogP contribution in [-0.2, 0) is 19.6 Å². The molecule has 28 heavy (non-hydrogen) atoms. The van der Waals surface area contributed by atoms with Gasteiger partial charge in [0.25, 0.3) is 0 Å². The van der Waals surface area contributed by atoms with Crippen molar-refractivity contribution in [2.75, 3.05) is 0 Å². The van der Waals surface area contributed by atoms with Gasteiger partial charge in [-0.15, -0.1) is 0 Å². The van der Waals surface area contributed by atoms with Crippen LogP contribution in [0.5, 0.6) is 0 Å². The summed E-state index contributed by atoms with van der Waals surface area (Å²) in [6.45, 7) is 2.63. The van der Waals surface area contributed by atoms with Gasteiger partial charge in [-0.05, 0) is 56.9 Å². The molecule has 3 aromatic carbocycles. The third-order valence-electron chi connectivity index (χ3n) is 5.27. The van der Waals surface area contributed by atoms with Crippen LogP contribution in [0, 0.1) is 5.82 Å². The first-order chi connectivity index (χ1) is 13.7. The molecule has 5 rings (SSSR count). The first-order valence-corrected chi connectivity index (χ1v) is 10.1. The van der Waals surface area contributed by atoms with Gasteiger partial charge in [-0.1, -0.05) is 48.5 Å². The Hall–Kier alpha value is -2.56. The van der Waals surface area contributed by atoms with E-state index in [9.17, 15) is 4.39 Å². The van der Waals surface area contributed by atoms with Gasteiger partial charge in [-0.3, -0.25) is 4.90 Å².